The number of guanidine groups is 1. The SMILES string of the molecule is CCCOc1ccc(CN=C(NCC)NCc2ccccc2OC)cn1. The Hall–Kier alpha value is -2.76. The Labute approximate surface area is 155 Å². The van der Waals surface area contributed by atoms with Gasteiger partial charge in [0.25, 0.3) is 0 Å². The van der Waals surface area contributed by atoms with Crippen molar-refractivity contribution in [3.8, 4) is 11.6 Å². The number of aromatic nitrogens is 1. The summed E-state index contributed by atoms with van der Waals surface area (Å²) < 4.78 is 10.9. The molecule has 0 aliphatic rings. The van der Waals surface area contributed by atoms with Crippen LogP contribution in [0.25, 0.3) is 0 Å². The number of nitrogens with one attached hydrogen (secondary N) is 2. The van der Waals surface area contributed by atoms with Gasteiger partial charge in [-0.15, -0.1) is 0 Å². The molecule has 1 heterocycles. The summed E-state index contributed by atoms with van der Waals surface area (Å²) in [6, 6.07) is 11.8. The quantitative estimate of drug-likeness (QED) is 0.534. The second-order valence-corrected chi connectivity index (χ2v) is 5.71. The van der Waals surface area contributed by atoms with Crippen molar-refractivity contribution in [2.24, 2.45) is 4.99 Å². The number of hydrogen-bond donors (Lipinski definition) is 2. The Kier molecular flexibility index (Phi) is 8.26. The molecule has 0 fully saturated rings. The summed E-state index contributed by atoms with van der Waals surface area (Å²) in [5, 5.41) is 6.59. The first-order chi connectivity index (χ1) is 12.8. The van der Waals surface area contributed by atoms with Crippen molar-refractivity contribution >= 4 is 5.96 Å². The van der Waals surface area contributed by atoms with Gasteiger partial charge in [0, 0.05) is 30.9 Å². The van der Waals surface area contributed by atoms with Crippen molar-refractivity contribution < 1.29 is 9.47 Å². The number of hydrogen-bond acceptors (Lipinski definition) is 4. The zero-order valence-corrected chi connectivity index (χ0v) is 15.8. The van der Waals surface area contributed by atoms with Gasteiger partial charge >= 0.3 is 0 Å². The maximum atomic E-state index is 5.50. The molecule has 1 aromatic carbocycles. The maximum absolute atomic E-state index is 5.50. The summed E-state index contributed by atoms with van der Waals surface area (Å²) in [6.07, 6.45) is 2.77. The van der Waals surface area contributed by atoms with E-state index in [0.29, 0.717) is 25.6 Å². The lowest BCUT2D eigenvalue weighted by Crippen LogP contribution is -2.36. The normalized spacial score (nSPS) is 11.1. The smallest absolute Gasteiger partial charge is 0.213 e. The molecule has 2 aromatic rings. The third-order valence-corrected chi connectivity index (χ3v) is 3.65. The number of methoxy groups -OCH3 is 1. The van der Waals surface area contributed by atoms with Crippen LogP contribution in [0, 0.1) is 0 Å². The van der Waals surface area contributed by atoms with Crippen molar-refractivity contribution in [1.82, 2.24) is 15.6 Å². The molecule has 0 bridgehead atoms. The van der Waals surface area contributed by atoms with Gasteiger partial charge in [0.2, 0.25) is 5.88 Å². The summed E-state index contributed by atoms with van der Waals surface area (Å²) in [7, 11) is 1.68. The Balaban J connectivity index is 1.95. The van der Waals surface area contributed by atoms with Gasteiger partial charge in [-0.1, -0.05) is 31.2 Å². The molecule has 0 atom stereocenters. The van der Waals surface area contributed by atoms with Crippen LogP contribution in [0.2, 0.25) is 0 Å². The van der Waals surface area contributed by atoms with Crippen LogP contribution in [0.1, 0.15) is 31.4 Å². The third kappa shape index (κ3) is 6.27. The summed E-state index contributed by atoms with van der Waals surface area (Å²) in [6.45, 7) is 6.77. The van der Waals surface area contributed by atoms with Gasteiger partial charge < -0.3 is 20.1 Å². The van der Waals surface area contributed by atoms with Crippen molar-refractivity contribution in [2.75, 3.05) is 20.3 Å². The number of pyridine rings is 1. The molecular formula is C20H28N4O2. The van der Waals surface area contributed by atoms with Crippen LogP contribution >= 0.6 is 0 Å². The highest BCUT2D eigenvalue weighted by Crippen LogP contribution is 2.16. The number of aliphatic imine (C=N–C) groups is 1. The highest BCUT2D eigenvalue weighted by molar-refractivity contribution is 5.79. The van der Waals surface area contributed by atoms with E-state index in [0.717, 1.165) is 35.8 Å². The molecule has 0 spiro atoms. The number of ether oxygens (including phenoxy) is 2. The molecule has 0 saturated carbocycles. The number of para-hydroxylation sites is 1. The highest BCUT2D eigenvalue weighted by atomic mass is 16.5. The summed E-state index contributed by atoms with van der Waals surface area (Å²) in [5.41, 5.74) is 2.11. The number of nitrogens with zero attached hydrogens (tertiary/aromatic N) is 2. The van der Waals surface area contributed by atoms with E-state index in [1.54, 1.807) is 13.3 Å². The summed E-state index contributed by atoms with van der Waals surface area (Å²) in [5.74, 6) is 2.27. The molecule has 26 heavy (non-hydrogen) atoms. The molecular weight excluding hydrogens is 328 g/mol. The average molecular weight is 356 g/mol. The van der Waals surface area contributed by atoms with Gasteiger partial charge in [-0.3, -0.25) is 0 Å². The molecule has 2 rings (SSSR count). The first kappa shape index (κ1) is 19.6. The largest absolute Gasteiger partial charge is 0.496 e. The van der Waals surface area contributed by atoms with Crippen molar-refractivity contribution in [3.05, 3.63) is 53.7 Å². The van der Waals surface area contributed by atoms with Crippen LogP contribution in [0.3, 0.4) is 0 Å². The highest BCUT2D eigenvalue weighted by Gasteiger charge is 2.04. The van der Waals surface area contributed by atoms with Gasteiger partial charge in [-0.25, -0.2) is 9.98 Å². The van der Waals surface area contributed by atoms with Crippen LogP contribution in [-0.4, -0.2) is 31.2 Å². The van der Waals surface area contributed by atoms with Crippen LogP contribution in [0.15, 0.2) is 47.6 Å². The van der Waals surface area contributed by atoms with Crippen LogP contribution in [-0.2, 0) is 13.1 Å². The lowest BCUT2D eigenvalue weighted by molar-refractivity contribution is 0.305. The standard InChI is InChI=1S/C20H28N4O2/c1-4-12-26-19-11-10-16(13-22-19)14-23-20(21-5-2)24-15-17-8-6-7-9-18(17)25-3/h6-11,13H,4-5,12,14-15H2,1-3H3,(H2,21,23,24). The van der Waals surface area contributed by atoms with E-state index in [2.05, 4.69) is 27.5 Å². The predicted octanol–water partition coefficient (Wildman–Crippen LogP) is 3.13. The fourth-order valence-electron chi connectivity index (χ4n) is 2.34. The predicted molar refractivity (Wildman–Crippen MR) is 105 cm³/mol. The molecule has 0 amide bonds. The Morgan fingerprint density at radius 2 is 1.96 bits per heavy atom. The molecule has 1 aromatic heterocycles. The molecule has 0 saturated heterocycles. The van der Waals surface area contributed by atoms with Crippen LogP contribution in [0.4, 0.5) is 0 Å². The monoisotopic (exact) mass is 356 g/mol. The molecule has 0 unspecified atom stereocenters. The zero-order valence-electron chi connectivity index (χ0n) is 15.8. The molecule has 0 aliphatic heterocycles. The minimum atomic E-state index is 0.544. The van der Waals surface area contributed by atoms with E-state index in [4.69, 9.17) is 9.47 Å². The van der Waals surface area contributed by atoms with Crippen LogP contribution < -0.4 is 20.1 Å². The molecule has 2 N–H and O–H groups in total. The number of benzene rings is 1. The van der Waals surface area contributed by atoms with E-state index >= 15 is 0 Å². The third-order valence-electron chi connectivity index (χ3n) is 3.65. The fraction of sp³-hybridized carbons (Fsp3) is 0.400. The molecule has 140 valence electrons. The summed E-state index contributed by atoms with van der Waals surface area (Å²) in [4.78, 5) is 8.93. The van der Waals surface area contributed by atoms with E-state index in [1.807, 2.05) is 43.3 Å². The average Bonchev–Trinajstić information content (AvgIpc) is 2.69. The minimum Gasteiger partial charge on any atom is -0.496 e. The first-order valence-electron chi connectivity index (χ1n) is 8.98. The van der Waals surface area contributed by atoms with E-state index in [1.165, 1.54) is 0 Å². The maximum Gasteiger partial charge on any atom is 0.213 e. The van der Waals surface area contributed by atoms with Gasteiger partial charge in [-0.05, 0) is 25.0 Å². The van der Waals surface area contributed by atoms with E-state index in [9.17, 15) is 0 Å². The molecule has 0 aliphatic carbocycles. The number of rotatable bonds is 9. The summed E-state index contributed by atoms with van der Waals surface area (Å²) >= 11 is 0. The van der Waals surface area contributed by atoms with Gasteiger partial charge in [0.05, 0.1) is 20.3 Å². The van der Waals surface area contributed by atoms with Crippen molar-refractivity contribution in [3.63, 3.8) is 0 Å². The van der Waals surface area contributed by atoms with Gasteiger partial charge in [0.1, 0.15) is 5.75 Å². The van der Waals surface area contributed by atoms with Gasteiger partial charge in [0.15, 0.2) is 5.96 Å². The second kappa shape index (κ2) is 11.0. The zero-order chi connectivity index (χ0) is 18.6. The fourth-order valence-corrected chi connectivity index (χ4v) is 2.34. The topological polar surface area (TPSA) is 67.8 Å². The first-order valence-corrected chi connectivity index (χ1v) is 8.98. The Morgan fingerprint density at radius 1 is 1.12 bits per heavy atom. The lowest BCUT2D eigenvalue weighted by Gasteiger charge is -2.13. The molecule has 6 nitrogen and oxygen atoms in total. The lowest BCUT2D eigenvalue weighted by atomic mass is 10.2. The second-order valence-electron chi connectivity index (χ2n) is 5.71. The Bertz CT molecular complexity index is 686. The van der Waals surface area contributed by atoms with Crippen molar-refractivity contribution in [2.45, 2.75) is 33.4 Å². The van der Waals surface area contributed by atoms with Gasteiger partial charge in [-0.2, -0.15) is 0 Å². The molecule has 6 heteroatoms. The van der Waals surface area contributed by atoms with Crippen LogP contribution in [0.5, 0.6) is 11.6 Å². The van der Waals surface area contributed by atoms with Crippen molar-refractivity contribution in [1.29, 1.82) is 0 Å². The minimum absolute atomic E-state index is 0.544. The Morgan fingerprint density at radius 3 is 2.65 bits per heavy atom. The molecule has 0 radical (unpaired) electrons. The van der Waals surface area contributed by atoms with E-state index in [-0.39, 0.29) is 0 Å². The van der Waals surface area contributed by atoms with E-state index < -0.39 is 0 Å².